The number of amides is 2. The van der Waals surface area contributed by atoms with Crippen molar-refractivity contribution in [2.45, 2.75) is 6.18 Å². The summed E-state index contributed by atoms with van der Waals surface area (Å²) in [5, 5.41) is 2.73. The summed E-state index contributed by atoms with van der Waals surface area (Å²) in [6.07, 6.45) is -3.39. The van der Waals surface area contributed by atoms with E-state index in [2.05, 4.69) is 15.0 Å². The van der Waals surface area contributed by atoms with Crippen molar-refractivity contribution in [1.29, 1.82) is 0 Å². The van der Waals surface area contributed by atoms with Crippen molar-refractivity contribution < 1.29 is 27.5 Å². The molecule has 0 aliphatic heterocycles. The van der Waals surface area contributed by atoms with E-state index in [1.807, 2.05) is 0 Å². The Hall–Kier alpha value is -2.81. The zero-order valence-electron chi connectivity index (χ0n) is 14.3. The van der Waals surface area contributed by atoms with E-state index in [0.29, 0.717) is 5.69 Å². The van der Waals surface area contributed by atoms with Crippen LogP contribution in [-0.4, -0.2) is 48.6 Å². The number of ether oxygens (including phenoxy) is 1. The fourth-order valence-corrected chi connectivity index (χ4v) is 2.23. The van der Waals surface area contributed by atoms with Gasteiger partial charge in [0.15, 0.2) is 6.61 Å². The third-order valence-corrected chi connectivity index (χ3v) is 3.56. The molecule has 2 aromatic rings. The summed E-state index contributed by atoms with van der Waals surface area (Å²) in [5.41, 5.74) is 0.740. The number of carbonyl (C=O) groups is 2. The number of aromatic nitrogens is 1. The van der Waals surface area contributed by atoms with Gasteiger partial charge in [0.1, 0.15) is 0 Å². The van der Waals surface area contributed by atoms with Gasteiger partial charge in [-0.1, -0.05) is 11.6 Å². The highest BCUT2D eigenvalue weighted by molar-refractivity contribution is 6.34. The van der Waals surface area contributed by atoms with Gasteiger partial charge in [-0.25, -0.2) is 4.98 Å². The van der Waals surface area contributed by atoms with Crippen molar-refractivity contribution in [3.8, 4) is 5.88 Å². The molecule has 0 unspecified atom stereocenters. The van der Waals surface area contributed by atoms with Crippen LogP contribution < -0.4 is 10.1 Å². The van der Waals surface area contributed by atoms with Crippen LogP contribution in [-0.2, 0) is 0 Å². The van der Waals surface area contributed by atoms with Crippen LogP contribution in [0.5, 0.6) is 5.88 Å². The number of carbonyl (C=O) groups excluding carboxylic acids is 2. The largest absolute Gasteiger partial charge is 0.468 e. The lowest BCUT2D eigenvalue weighted by atomic mass is 10.1. The van der Waals surface area contributed by atoms with Crippen LogP contribution in [0.15, 0.2) is 36.5 Å². The van der Waals surface area contributed by atoms with Gasteiger partial charge in [0.25, 0.3) is 11.8 Å². The minimum absolute atomic E-state index is 0.110. The van der Waals surface area contributed by atoms with Gasteiger partial charge in [-0.2, -0.15) is 13.2 Å². The highest BCUT2D eigenvalue weighted by Crippen LogP contribution is 2.23. The van der Waals surface area contributed by atoms with E-state index in [9.17, 15) is 22.8 Å². The Balaban J connectivity index is 2.04. The van der Waals surface area contributed by atoms with Crippen LogP contribution >= 0.6 is 11.6 Å². The Morgan fingerprint density at radius 1 is 1.22 bits per heavy atom. The third kappa shape index (κ3) is 5.85. The molecule has 1 N–H and O–H groups in total. The van der Waals surface area contributed by atoms with E-state index in [0.717, 1.165) is 12.3 Å². The van der Waals surface area contributed by atoms with Crippen LogP contribution in [0.4, 0.5) is 18.9 Å². The van der Waals surface area contributed by atoms with Crippen molar-refractivity contribution in [2.24, 2.45) is 0 Å². The van der Waals surface area contributed by atoms with Crippen LogP contribution in [0.1, 0.15) is 20.7 Å². The number of alkyl halides is 3. The zero-order chi connectivity index (χ0) is 20.2. The lowest BCUT2D eigenvalue weighted by molar-refractivity contribution is -0.154. The number of benzene rings is 1. The van der Waals surface area contributed by atoms with E-state index in [1.165, 1.54) is 29.2 Å². The van der Waals surface area contributed by atoms with Gasteiger partial charge in [-0.05, 0) is 24.3 Å². The molecule has 0 bridgehead atoms. The van der Waals surface area contributed by atoms with Crippen molar-refractivity contribution in [3.05, 3.63) is 52.7 Å². The predicted octanol–water partition coefficient (Wildman–Crippen LogP) is 3.63. The van der Waals surface area contributed by atoms with Crippen LogP contribution in [0, 0.1) is 0 Å². The summed E-state index contributed by atoms with van der Waals surface area (Å²) < 4.78 is 40.8. The maximum absolute atomic E-state index is 12.2. The van der Waals surface area contributed by atoms with Crippen molar-refractivity contribution in [3.63, 3.8) is 0 Å². The minimum atomic E-state index is -4.48. The van der Waals surface area contributed by atoms with E-state index >= 15 is 0 Å². The fourth-order valence-electron chi connectivity index (χ4n) is 1.97. The van der Waals surface area contributed by atoms with Gasteiger partial charge >= 0.3 is 6.18 Å². The minimum Gasteiger partial charge on any atom is -0.468 e. The molecule has 10 heteroatoms. The molecule has 0 radical (unpaired) electrons. The van der Waals surface area contributed by atoms with Crippen LogP contribution in [0.25, 0.3) is 0 Å². The highest BCUT2D eigenvalue weighted by atomic mass is 35.5. The smallest absolute Gasteiger partial charge is 0.422 e. The molecule has 1 heterocycles. The summed E-state index contributed by atoms with van der Waals surface area (Å²) in [6, 6.07) is 6.85. The normalized spacial score (nSPS) is 11.0. The summed E-state index contributed by atoms with van der Waals surface area (Å²) in [7, 11) is 3.17. The molecular weight excluding hydrogens is 387 g/mol. The first-order valence-corrected chi connectivity index (χ1v) is 7.93. The molecular formula is C17H15ClF3N3O3. The Morgan fingerprint density at radius 3 is 2.44 bits per heavy atom. The summed E-state index contributed by atoms with van der Waals surface area (Å²) in [4.78, 5) is 29.1. The molecule has 2 amide bonds. The molecule has 0 saturated heterocycles. The Kier molecular flexibility index (Phi) is 6.27. The third-order valence-electron chi connectivity index (χ3n) is 3.25. The highest BCUT2D eigenvalue weighted by Gasteiger charge is 2.28. The molecule has 0 aliphatic carbocycles. The lowest BCUT2D eigenvalue weighted by Gasteiger charge is -2.13. The second-order valence-electron chi connectivity index (χ2n) is 5.64. The number of pyridine rings is 1. The van der Waals surface area contributed by atoms with Gasteiger partial charge in [0.05, 0.1) is 16.1 Å². The number of halogens is 4. The average molecular weight is 402 g/mol. The molecule has 2 rings (SSSR count). The van der Waals surface area contributed by atoms with Crippen molar-refractivity contribution in [2.75, 3.05) is 26.0 Å². The molecule has 144 valence electrons. The maximum Gasteiger partial charge on any atom is 0.422 e. The van der Waals surface area contributed by atoms with Crippen molar-refractivity contribution >= 4 is 29.1 Å². The molecule has 27 heavy (non-hydrogen) atoms. The average Bonchev–Trinajstić information content (AvgIpc) is 2.59. The van der Waals surface area contributed by atoms with E-state index in [-0.39, 0.29) is 27.9 Å². The first-order valence-electron chi connectivity index (χ1n) is 7.55. The Morgan fingerprint density at radius 2 is 1.93 bits per heavy atom. The predicted molar refractivity (Wildman–Crippen MR) is 93.2 cm³/mol. The molecule has 0 saturated carbocycles. The number of hydrogen-bond acceptors (Lipinski definition) is 4. The van der Waals surface area contributed by atoms with Gasteiger partial charge in [0.2, 0.25) is 5.88 Å². The van der Waals surface area contributed by atoms with Crippen molar-refractivity contribution in [1.82, 2.24) is 9.88 Å². The van der Waals surface area contributed by atoms with Gasteiger partial charge < -0.3 is 15.0 Å². The fraction of sp³-hybridized carbons (Fsp3) is 0.235. The first kappa shape index (κ1) is 20.5. The van der Waals surface area contributed by atoms with Crippen LogP contribution in [0.2, 0.25) is 5.02 Å². The number of nitrogens with zero attached hydrogens (tertiary/aromatic N) is 2. The molecule has 0 aliphatic rings. The number of hydrogen-bond donors (Lipinski definition) is 1. The molecule has 6 nitrogen and oxygen atoms in total. The molecule has 0 fully saturated rings. The summed E-state index contributed by atoms with van der Waals surface area (Å²) in [5.74, 6) is -1.08. The summed E-state index contributed by atoms with van der Waals surface area (Å²) >= 11 is 6.07. The Bertz CT molecular complexity index is 840. The second kappa shape index (κ2) is 8.26. The van der Waals surface area contributed by atoms with E-state index in [4.69, 9.17) is 11.6 Å². The topological polar surface area (TPSA) is 71.5 Å². The number of nitrogens with one attached hydrogen (secondary N) is 1. The standard InChI is InChI=1S/C17H15ClF3N3O3/c1-24(2)16(26)12-5-4-11(7-13(12)18)23-15(25)10-3-6-14(22-8-10)27-9-17(19,20)21/h3-8H,9H2,1-2H3,(H,23,25). The Labute approximate surface area is 157 Å². The van der Waals surface area contributed by atoms with Gasteiger partial charge in [-0.3, -0.25) is 9.59 Å². The SMILES string of the molecule is CN(C)C(=O)c1ccc(NC(=O)c2ccc(OCC(F)(F)F)nc2)cc1Cl. The molecule has 0 atom stereocenters. The number of anilines is 1. The van der Waals surface area contributed by atoms with Gasteiger partial charge in [-0.15, -0.1) is 0 Å². The van der Waals surface area contributed by atoms with Gasteiger partial charge in [0, 0.05) is 32.0 Å². The van der Waals surface area contributed by atoms with E-state index in [1.54, 1.807) is 14.1 Å². The maximum atomic E-state index is 12.2. The quantitative estimate of drug-likeness (QED) is 0.830. The number of rotatable bonds is 5. The molecule has 1 aromatic carbocycles. The lowest BCUT2D eigenvalue weighted by Crippen LogP contribution is -2.22. The summed E-state index contributed by atoms with van der Waals surface area (Å²) in [6.45, 7) is -1.47. The molecule has 1 aromatic heterocycles. The molecule has 0 spiro atoms. The zero-order valence-corrected chi connectivity index (χ0v) is 15.1. The second-order valence-corrected chi connectivity index (χ2v) is 6.04. The monoisotopic (exact) mass is 401 g/mol. The van der Waals surface area contributed by atoms with Crippen LogP contribution in [0.3, 0.4) is 0 Å². The van der Waals surface area contributed by atoms with E-state index < -0.39 is 18.7 Å². The first-order chi connectivity index (χ1) is 12.6.